The number of hydrogen-bond acceptors (Lipinski definition) is 2. The summed E-state index contributed by atoms with van der Waals surface area (Å²) in [4.78, 5) is 0. The lowest BCUT2D eigenvalue weighted by Gasteiger charge is -2.15. The minimum Gasteiger partial charge on any atom is -0.349 e. The van der Waals surface area contributed by atoms with E-state index in [0.717, 1.165) is 13.1 Å². The van der Waals surface area contributed by atoms with Crippen LogP contribution < -0.4 is 0 Å². The van der Waals surface area contributed by atoms with Gasteiger partial charge in [0.05, 0.1) is 12.8 Å². The molecule has 2 aromatic carbocycles. The molecule has 0 unspecified atom stereocenters. The van der Waals surface area contributed by atoms with Crippen molar-refractivity contribution in [3.05, 3.63) is 71.5 Å². The normalized spacial score (nSPS) is 13.7. The fraction of sp³-hybridized carbons (Fsp3) is 0.167. The Bertz CT molecular complexity index is 824. The highest BCUT2D eigenvalue weighted by Gasteiger charge is 2.12. The van der Waals surface area contributed by atoms with E-state index in [2.05, 4.69) is 64.5 Å². The van der Waals surface area contributed by atoms with Gasteiger partial charge in [-0.1, -0.05) is 42.5 Å². The van der Waals surface area contributed by atoms with Crippen molar-refractivity contribution in [1.82, 2.24) is 9.58 Å². The molecule has 0 amide bonds. The second-order valence-electron chi connectivity index (χ2n) is 5.61. The molecule has 0 bridgehead atoms. The zero-order valence-electron chi connectivity index (χ0n) is 12.0. The predicted molar refractivity (Wildman–Crippen MR) is 86.5 cm³/mol. The molecule has 3 aromatic rings. The van der Waals surface area contributed by atoms with E-state index < -0.39 is 0 Å². The molecule has 0 N–H and O–H groups in total. The van der Waals surface area contributed by atoms with Gasteiger partial charge in [-0.25, -0.2) is 0 Å². The zero-order valence-corrected chi connectivity index (χ0v) is 12.0. The average Bonchev–Trinajstić information content (AvgIpc) is 2.89. The molecule has 1 aromatic heterocycles. The number of nitrogens with zero attached hydrogens (tertiary/aromatic N) is 3. The highest BCUT2D eigenvalue weighted by molar-refractivity contribution is 5.86. The van der Waals surface area contributed by atoms with Crippen LogP contribution in [0.2, 0.25) is 0 Å². The monoisotopic (exact) mass is 275 g/mol. The minimum absolute atomic E-state index is 0.883. The van der Waals surface area contributed by atoms with Gasteiger partial charge in [-0.15, -0.1) is 0 Å². The van der Waals surface area contributed by atoms with Crippen LogP contribution in [-0.4, -0.2) is 22.8 Å². The van der Waals surface area contributed by atoms with Crippen molar-refractivity contribution in [2.45, 2.75) is 13.1 Å². The van der Waals surface area contributed by atoms with Gasteiger partial charge in [0, 0.05) is 31.5 Å². The quantitative estimate of drug-likeness (QED) is 0.701. The Hall–Kier alpha value is -2.55. The fourth-order valence-corrected chi connectivity index (χ4v) is 2.99. The molecule has 4 rings (SSSR count). The maximum Gasteiger partial charge on any atom is 0.0628 e. The molecule has 0 saturated heterocycles. The first kappa shape index (κ1) is 12.2. The van der Waals surface area contributed by atoms with Crippen LogP contribution in [0.3, 0.4) is 0 Å². The second kappa shape index (κ2) is 4.77. The lowest BCUT2D eigenvalue weighted by atomic mass is 10.0. The summed E-state index contributed by atoms with van der Waals surface area (Å²) in [6.45, 7) is 1.78. The molecule has 0 fully saturated rings. The Balaban J connectivity index is 1.71. The Labute approximate surface area is 124 Å². The third-order valence-corrected chi connectivity index (χ3v) is 4.02. The van der Waals surface area contributed by atoms with Crippen LogP contribution in [0.15, 0.2) is 60.0 Å². The van der Waals surface area contributed by atoms with Gasteiger partial charge in [-0.3, -0.25) is 5.01 Å². The molecular weight excluding hydrogens is 258 g/mol. The lowest BCUT2D eigenvalue weighted by Crippen LogP contribution is -2.15. The van der Waals surface area contributed by atoms with Gasteiger partial charge < -0.3 is 4.57 Å². The van der Waals surface area contributed by atoms with Crippen molar-refractivity contribution in [2.75, 3.05) is 7.05 Å². The molecule has 104 valence electrons. The number of benzene rings is 2. The Kier molecular flexibility index (Phi) is 2.78. The first-order chi connectivity index (χ1) is 10.3. The summed E-state index contributed by atoms with van der Waals surface area (Å²) in [5.41, 5.74) is 3.92. The van der Waals surface area contributed by atoms with E-state index in [1.807, 2.05) is 18.3 Å². The highest BCUT2D eigenvalue weighted by Crippen LogP contribution is 2.21. The van der Waals surface area contributed by atoms with Crippen LogP contribution >= 0.6 is 0 Å². The smallest absolute Gasteiger partial charge is 0.0628 e. The van der Waals surface area contributed by atoms with Gasteiger partial charge in [-0.05, 0) is 21.9 Å². The summed E-state index contributed by atoms with van der Waals surface area (Å²) in [6.07, 6.45) is 6.37. The standard InChI is InChI=1S/C18H17N3/c1-20-10-17-13-21(12-16(17)9-19-20)11-15-7-4-6-14-5-2-3-8-18(14)15/h2-9,12-13H,10-11H2,1H3. The first-order valence-electron chi connectivity index (χ1n) is 7.20. The third-order valence-electron chi connectivity index (χ3n) is 4.02. The summed E-state index contributed by atoms with van der Waals surface area (Å²) in [5, 5.41) is 8.93. The summed E-state index contributed by atoms with van der Waals surface area (Å²) >= 11 is 0. The van der Waals surface area contributed by atoms with Crippen LogP contribution in [0, 0.1) is 0 Å². The maximum absolute atomic E-state index is 4.34. The zero-order chi connectivity index (χ0) is 14.2. The van der Waals surface area contributed by atoms with E-state index in [4.69, 9.17) is 0 Å². The molecule has 1 aliphatic rings. The van der Waals surface area contributed by atoms with Crippen LogP contribution in [-0.2, 0) is 13.1 Å². The van der Waals surface area contributed by atoms with Crippen LogP contribution in [0.5, 0.6) is 0 Å². The molecule has 0 saturated carbocycles. The Morgan fingerprint density at radius 3 is 2.86 bits per heavy atom. The summed E-state index contributed by atoms with van der Waals surface area (Å²) < 4.78 is 2.26. The van der Waals surface area contributed by atoms with Crippen molar-refractivity contribution in [3.8, 4) is 0 Å². The van der Waals surface area contributed by atoms with Crippen LogP contribution in [0.1, 0.15) is 16.7 Å². The molecule has 21 heavy (non-hydrogen) atoms. The van der Waals surface area contributed by atoms with Gasteiger partial charge in [-0.2, -0.15) is 5.10 Å². The predicted octanol–water partition coefficient (Wildman–Crippen LogP) is 3.47. The largest absolute Gasteiger partial charge is 0.349 e. The molecular formula is C18H17N3. The number of hydrazone groups is 1. The topological polar surface area (TPSA) is 20.5 Å². The van der Waals surface area contributed by atoms with E-state index in [0.29, 0.717) is 0 Å². The summed E-state index contributed by atoms with van der Waals surface area (Å²) in [5.74, 6) is 0. The molecule has 0 atom stereocenters. The van der Waals surface area contributed by atoms with Crippen molar-refractivity contribution in [3.63, 3.8) is 0 Å². The van der Waals surface area contributed by atoms with Gasteiger partial charge in [0.25, 0.3) is 0 Å². The number of aromatic nitrogens is 1. The van der Waals surface area contributed by atoms with Crippen molar-refractivity contribution in [1.29, 1.82) is 0 Å². The van der Waals surface area contributed by atoms with E-state index in [-0.39, 0.29) is 0 Å². The summed E-state index contributed by atoms with van der Waals surface area (Å²) in [6, 6.07) is 15.1. The van der Waals surface area contributed by atoms with Gasteiger partial charge >= 0.3 is 0 Å². The van der Waals surface area contributed by atoms with Crippen LogP contribution in [0.4, 0.5) is 0 Å². The lowest BCUT2D eigenvalue weighted by molar-refractivity contribution is 0.343. The number of fused-ring (bicyclic) bond motifs is 2. The first-order valence-corrected chi connectivity index (χ1v) is 7.20. The minimum atomic E-state index is 0.883. The Morgan fingerprint density at radius 2 is 1.90 bits per heavy atom. The third kappa shape index (κ3) is 2.21. The van der Waals surface area contributed by atoms with E-state index in [9.17, 15) is 0 Å². The highest BCUT2D eigenvalue weighted by atomic mass is 15.4. The van der Waals surface area contributed by atoms with E-state index in [1.165, 1.54) is 27.5 Å². The van der Waals surface area contributed by atoms with Crippen molar-refractivity contribution < 1.29 is 0 Å². The molecule has 1 aliphatic heterocycles. The average molecular weight is 275 g/mol. The summed E-state index contributed by atoms with van der Waals surface area (Å²) in [7, 11) is 2.00. The Morgan fingerprint density at radius 1 is 1.05 bits per heavy atom. The molecule has 3 nitrogen and oxygen atoms in total. The molecule has 2 heterocycles. The maximum atomic E-state index is 4.34. The molecule has 0 radical (unpaired) electrons. The number of rotatable bonds is 2. The van der Waals surface area contributed by atoms with Gasteiger partial charge in [0.2, 0.25) is 0 Å². The van der Waals surface area contributed by atoms with Crippen molar-refractivity contribution in [2.24, 2.45) is 5.10 Å². The van der Waals surface area contributed by atoms with Crippen molar-refractivity contribution >= 4 is 17.0 Å². The van der Waals surface area contributed by atoms with E-state index in [1.54, 1.807) is 0 Å². The van der Waals surface area contributed by atoms with Gasteiger partial charge in [0.15, 0.2) is 0 Å². The number of hydrogen-bond donors (Lipinski definition) is 0. The SMILES string of the molecule is CN1Cc2cn(Cc3cccc4ccccc34)cc2C=N1. The fourth-order valence-electron chi connectivity index (χ4n) is 2.99. The van der Waals surface area contributed by atoms with Crippen LogP contribution in [0.25, 0.3) is 10.8 Å². The van der Waals surface area contributed by atoms with E-state index >= 15 is 0 Å². The molecule has 0 aliphatic carbocycles. The molecule has 3 heteroatoms. The van der Waals surface area contributed by atoms with Gasteiger partial charge in [0.1, 0.15) is 0 Å². The molecule has 0 spiro atoms. The second-order valence-corrected chi connectivity index (χ2v) is 5.61.